The van der Waals surface area contributed by atoms with Crippen molar-refractivity contribution in [3.63, 3.8) is 0 Å². The summed E-state index contributed by atoms with van der Waals surface area (Å²) in [4.78, 5) is 13.4. The summed E-state index contributed by atoms with van der Waals surface area (Å²) in [5.41, 5.74) is 0.432. The molecule has 0 aliphatic carbocycles. The van der Waals surface area contributed by atoms with Crippen LogP contribution in [0.1, 0.15) is 28.2 Å². The van der Waals surface area contributed by atoms with Crippen LogP contribution in [0.4, 0.5) is 0 Å². The van der Waals surface area contributed by atoms with E-state index in [4.69, 9.17) is 0 Å². The van der Waals surface area contributed by atoms with Crippen LogP contribution in [0.5, 0.6) is 0 Å². The lowest BCUT2D eigenvalue weighted by atomic mass is 10.2. The van der Waals surface area contributed by atoms with E-state index in [1.54, 1.807) is 11.3 Å². The minimum Gasteiger partial charge on any atom is -0.345 e. The fraction of sp³-hybridized carbons (Fsp3) is 0.267. The second-order valence-corrected chi connectivity index (χ2v) is 8.15. The van der Waals surface area contributed by atoms with Crippen molar-refractivity contribution in [2.45, 2.75) is 17.9 Å². The SMILES string of the molecule is CC(NC(=O)c1ccc(S(=O)(=O)N(C)C)cc1)c1cccs1. The molecule has 0 bridgehead atoms. The third kappa shape index (κ3) is 3.55. The predicted molar refractivity (Wildman–Crippen MR) is 87.5 cm³/mol. The summed E-state index contributed by atoms with van der Waals surface area (Å²) >= 11 is 1.58. The molecule has 0 aliphatic rings. The van der Waals surface area contributed by atoms with Crippen LogP contribution in [0.15, 0.2) is 46.7 Å². The molecule has 1 aromatic heterocycles. The number of thiophene rings is 1. The summed E-state index contributed by atoms with van der Waals surface area (Å²) in [6, 6.07) is 9.74. The summed E-state index contributed by atoms with van der Waals surface area (Å²) in [7, 11) is -0.533. The van der Waals surface area contributed by atoms with Gasteiger partial charge in [-0.3, -0.25) is 4.79 Å². The molecule has 5 nitrogen and oxygen atoms in total. The number of sulfonamides is 1. The predicted octanol–water partition coefficient (Wildman–Crippen LogP) is 2.49. The zero-order valence-corrected chi connectivity index (χ0v) is 14.2. The van der Waals surface area contributed by atoms with Crippen LogP contribution in [-0.2, 0) is 10.0 Å². The highest BCUT2D eigenvalue weighted by molar-refractivity contribution is 7.89. The van der Waals surface area contributed by atoms with Gasteiger partial charge in [0.2, 0.25) is 10.0 Å². The molecule has 0 spiro atoms. The lowest BCUT2D eigenvalue weighted by molar-refractivity contribution is 0.0940. The van der Waals surface area contributed by atoms with Gasteiger partial charge in [0.1, 0.15) is 0 Å². The maximum atomic E-state index is 12.2. The maximum Gasteiger partial charge on any atom is 0.251 e. The summed E-state index contributed by atoms with van der Waals surface area (Å²) in [5, 5.41) is 4.85. The van der Waals surface area contributed by atoms with Gasteiger partial charge in [-0.05, 0) is 42.6 Å². The third-order valence-corrected chi connectivity index (χ3v) is 6.10. The number of benzene rings is 1. The Morgan fingerprint density at radius 2 is 1.82 bits per heavy atom. The Balaban J connectivity index is 2.12. The highest BCUT2D eigenvalue weighted by Gasteiger charge is 2.18. The first-order chi connectivity index (χ1) is 10.3. The van der Waals surface area contributed by atoms with E-state index in [2.05, 4.69) is 5.32 Å². The zero-order valence-electron chi connectivity index (χ0n) is 12.6. The fourth-order valence-electron chi connectivity index (χ4n) is 1.88. The van der Waals surface area contributed by atoms with Gasteiger partial charge >= 0.3 is 0 Å². The zero-order chi connectivity index (χ0) is 16.3. The first-order valence-electron chi connectivity index (χ1n) is 6.69. The Hall–Kier alpha value is -1.70. The second-order valence-electron chi connectivity index (χ2n) is 5.02. The minimum absolute atomic E-state index is 0.0855. The van der Waals surface area contributed by atoms with Crippen molar-refractivity contribution in [1.82, 2.24) is 9.62 Å². The topological polar surface area (TPSA) is 66.5 Å². The van der Waals surface area contributed by atoms with Crippen LogP contribution in [-0.4, -0.2) is 32.7 Å². The Labute approximate surface area is 134 Å². The molecule has 0 saturated carbocycles. The van der Waals surface area contributed by atoms with Crippen LogP contribution in [0.2, 0.25) is 0 Å². The number of carbonyl (C=O) groups is 1. The van der Waals surface area contributed by atoms with E-state index >= 15 is 0 Å². The van der Waals surface area contributed by atoms with E-state index in [1.807, 2.05) is 24.4 Å². The van der Waals surface area contributed by atoms with Gasteiger partial charge in [0.05, 0.1) is 10.9 Å². The van der Waals surface area contributed by atoms with Crippen molar-refractivity contribution >= 4 is 27.3 Å². The fourth-order valence-corrected chi connectivity index (χ4v) is 3.51. The van der Waals surface area contributed by atoms with E-state index in [1.165, 1.54) is 38.4 Å². The molecule has 0 radical (unpaired) electrons. The van der Waals surface area contributed by atoms with E-state index in [9.17, 15) is 13.2 Å². The standard InChI is InChI=1S/C15H18N2O3S2/c1-11(14-5-4-10-21-14)16-15(18)12-6-8-13(9-7-12)22(19,20)17(2)3/h4-11H,1-3H3,(H,16,18). The number of hydrogen-bond donors (Lipinski definition) is 1. The Morgan fingerprint density at radius 1 is 1.18 bits per heavy atom. The third-order valence-electron chi connectivity index (χ3n) is 3.21. The maximum absolute atomic E-state index is 12.2. The van der Waals surface area contributed by atoms with E-state index in [0.717, 1.165) is 9.18 Å². The van der Waals surface area contributed by atoms with Crippen LogP contribution in [0, 0.1) is 0 Å². The van der Waals surface area contributed by atoms with Crippen molar-refractivity contribution in [2.24, 2.45) is 0 Å². The smallest absolute Gasteiger partial charge is 0.251 e. The van der Waals surface area contributed by atoms with Crippen molar-refractivity contribution in [1.29, 1.82) is 0 Å². The molecule has 2 aromatic rings. The number of rotatable bonds is 5. The highest BCUT2D eigenvalue weighted by Crippen LogP contribution is 2.19. The molecule has 1 aromatic carbocycles. The van der Waals surface area contributed by atoms with Crippen LogP contribution >= 0.6 is 11.3 Å². The first kappa shape index (κ1) is 16.7. The lowest BCUT2D eigenvalue weighted by Crippen LogP contribution is -2.26. The molecule has 1 N–H and O–H groups in total. The number of hydrogen-bond acceptors (Lipinski definition) is 4. The minimum atomic E-state index is -3.47. The van der Waals surface area contributed by atoms with Crippen LogP contribution in [0.25, 0.3) is 0 Å². The van der Waals surface area contributed by atoms with Gasteiger partial charge in [-0.1, -0.05) is 6.07 Å². The molecule has 0 saturated heterocycles. The largest absolute Gasteiger partial charge is 0.345 e. The van der Waals surface area contributed by atoms with Crippen LogP contribution < -0.4 is 5.32 Å². The van der Waals surface area contributed by atoms with Gasteiger partial charge < -0.3 is 5.32 Å². The molecule has 1 unspecified atom stereocenters. The molecular formula is C15H18N2O3S2. The van der Waals surface area contributed by atoms with Gasteiger partial charge in [-0.25, -0.2) is 12.7 Å². The summed E-state index contributed by atoms with van der Waals surface area (Å²) in [6.45, 7) is 1.91. The Bertz CT molecular complexity index is 736. The van der Waals surface area contributed by atoms with Gasteiger partial charge in [0.25, 0.3) is 5.91 Å². The number of nitrogens with zero attached hydrogens (tertiary/aromatic N) is 1. The number of nitrogens with one attached hydrogen (secondary N) is 1. The highest BCUT2D eigenvalue weighted by atomic mass is 32.2. The van der Waals surface area contributed by atoms with Gasteiger partial charge in [-0.2, -0.15) is 0 Å². The molecule has 22 heavy (non-hydrogen) atoms. The van der Waals surface area contributed by atoms with E-state index in [-0.39, 0.29) is 16.8 Å². The summed E-state index contributed by atoms with van der Waals surface area (Å²) in [5.74, 6) is -0.227. The molecule has 0 fully saturated rings. The molecule has 0 aliphatic heterocycles. The molecular weight excluding hydrogens is 320 g/mol. The van der Waals surface area contributed by atoms with Crippen molar-refractivity contribution in [2.75, 3.05) is 14.1 Å². The molecule has 1 amide bonds. The lowest BCUT2D eigenvalue weighted by Gasteiger charge is -2.13. The average molecular weight is 338 g/mol. The number of amides is 1. The number of carbonyl (C=O) groups excluding carboxylic acids is 1. The quantitative estimate of drug-likeness (QED) is 0.911. The second kappa shape index (κ2) is 6.60. The monoisotopic (exact) mass is 338 g/mol. The van der Waals surface area contributed by atoms with Gasteiger partial charge in [0.15, 0.2) is 0 Å². The van der Waals surface area contributed by atoms with Gasteiger partial charge in [-0.15, -0.1) is 11.3 Å². The van der Waals surface area contributed by atoms with E-state index in [0.29, 0.717) is 5.56 Å². The average Bonchev–Trinajstić information content (AvgIpc) is 3.01. The molecule has 1 heterocycles. The normalized spacial score (nSPS) is 13.1. The molecule has 118 valence electrons. The first-order valence-corrected chi connectivity index (χ1v) is 9.01. The van der Waals surface area contributed by atoms with E-state index < -0.39 is 10.0 Å². The van der Waals surface area contributed by atoms with Crippen molar-refractivity contribution in [3.05, 3.63) is 52.2 Å². The van der Waals surface area contributed by atoms with Gasteiger partial charge in [0, 0.05) is 24.5 Å². The molecule has 2 rings (SSSR count). The van der Waals surface area contributed by atoms with Crippen molar-refractivity contribution in [3.8, 4) is 0 Å². The molecule has 1 atom stereocenters. The summed E-state index contributed by atoms with van der Waals surface area (Å²) < 4.78 is 25.1. The van der Waals surface area contributed by atoms with Crippen molar-refractivity contribution < 1.29 is 13.2 Å². The Morgan fingerprint density at radius 3 is 2.32 bits per heavy atom. The summed E-state index contributed by atoms with van der Waals surface area (Å²) in [6.07, 6.45) is 0. The van der Waals surface area contributed by atoms with Crippen LogP contribution in [0.3, 0.4) is 0 Å². The Kier molecular flexibility index (Phi) is 5.00. The molecule has 7 heteroatoms.